The molecule has 0 aromatic heterocycles. The largest absolute Gasteiger partial charge is 0.349 e. The molecule has 0 aromatic carbocycles. The number of carbonyl (C=O) groups excluding carboxylic acids is 1. The summed E-state index contributed by atoms with van der Waals surface area (Å²) in [5.41, 5.74) is 5.55. The molecule has 4 heteroatoms. The highest BCUT2D eigenvalue weighted by Gasteiger charge is 2.32. The van der Waals surface area contributed by atoms with Crippen LogP contribution in [0.2, 0.25) is 0 Å². The van der Waals surface area contributed by atoms with Gasteiger partial charge in [0.25, 0.3) is 0 Å². The van der Waals surface area contributed by atoms with Crippen LogP contribution >= 0.6 is 0 Å². The molecule has 0 aromatic rings. The molecule has 100 valence electrons. The number of nitrogens with one attached hydrogen (secondary N) is 1. The molecule has 1 fully saturated rings. The first-order valence-electron chi connectivity index (χ1n) is 6.57. The summed E-state index contributed by atoms with van der Waals surface area (Å²) in [7, 11) is 2.06. The predicted octanol–water partition coefficient (Wildman–Crippen LogP) is 0.818. The van der Waals surface area contributed by atoms with Gasteiger partial charge in [0, 0.05) is 18.6 Å². The molecule has 1 saturated heterocycles. The van der Waals surface area contributed by atoms with E-state index >= 15 is 0 Å². The number of hydrogen-bond donors (Lipinski definition) is 2. The number of nitrogens with two attached hydrogens (primary N) is 1. The summed E-state index contributed by atoms with van der Waals surface area (Å²) >= 11 is 0. The summed E-state index contributed by atoms with van der Waals surface area (Å²) in [5, 5.41) is 3.15. The van der Waals surface area contributed by atoms with Crippen LogP contribution < -0.4 is 11.1 Å². The van der Waals surface area contributed by atoms with Gasteiger partial charge in [0.05, 0.1) is 5.92 Å². The van der Waals surface area contributed by atoms with Gasteiger partial charge < -0.3 is 16.0 Å². The molecule has 0 aliphatic carbocycles. The number of carbonyl (C=O) groups is 1. The maximum absolute atomic E-state index is 12.2. The zero-order valence-electron chi connectivity index (χ0n) is 11.6. The van der Waals surface area contributed by atoms with Crippen molar-refractivity contribution in [1.82, 2.24) is 10.2 Å². The van der Waals surface area contributed by atoms with E-state index in [-0.39, 0.29) is 17.4 Å². The molecular formula is C13H27N3O. The van der Waals surface area contributed by atoms with Crippen LogP contribution in [-0.4, -0.2) is 43.0 Å². The Morgan fingerprint density at radius 3 is 2.65 bits per heavy atom. The van der Waals surface area contributed by atoms with Crippen molar-refractivity contribution < 1.29 is 4.79 Å². The van der Waals surface area contributed by atoms with Crippen molar-refractivity contribution in [3.05, 3.63) is 0 Å². The molecule has 4 nitrogen and oxygen atoms in total. The predicted molar refractivity (Wildman–Crippen MR) is 70.7 cm³/mol. The van der Waals surface area contributed by atoms with Crippen molar-refractivity contribution >= 4 is 5.91 Å². The first-order chi connectivity index (χ1) is 7.86. The third kappa shape index (κ3) is 4.28. The standard InChI is InChI=1S/C13H27N3O/c1-10(2)7-13(3,9-14)15-12(17)11-5-6-16(4)8-11/h10-11H,5-9,14H2,1-4H3,(H,15,17). The topological polar surface area (TPSA) is 58.4 Å². The molecule has 17 heavy (non-hydrogen) atoms. The third-order valence-electron chi connectivity index (χ3n) is 3.50. The molecule has 0 radical (unpaired) electrons. The Labute approximate surface area is 105 Å². The van der Waals surface area contributed by atoms with E-state index in [1.165, 1.54) is 0 Å². The molecule has 1 aliphatic rings. The Balaban J connectivity index is 2.53. The van der Waals surface area contributed by atoms with E-state index in [2.05, 4.69) is 31.1 Å². The fourth-order valence-corrected chi connectivity index (χ4v) is 2.63. The summed E-state index contributed by atoms with van der Waals surface area (Å²) in [5.74, 6) is 0.844. The SMILES string of the molecule is CC(C)CC(C)(CN)NC(=O)C1CCN(C)C1. The number of nitrogens with zero attached hydrogens (tertiary/aromatic N) is 1. The zero-order valence-corrected chi connectivity index (χ0v) is 11.6. The number of amides is 1. The maximum atomic E-state index is 12.2. The second-order valence-corrected chi connectivity index (χ2v) is 6.10. The molecule has 0 spiro atoms. The molecule has 1 rings (SSSR count). The van der Waals surface area contributed by atoms with Crippen molar-refractivity contribution in [3.63, 3.8) is 0 Å². The maximum Gasteiger partial charge on any atom is 0.224 e. The van der Waals surface area contributed by atoms with Crippen molar-refractivity contribution in [2.75, 3.05) is 26.7 Å². The van der Waals surface area contributed by atoms with E-state index in [0.29, 0.717) is 12.5 Å². The Kier molecular flexibility index (Phi) is 4.95. The summed E-state index contributed by atoms with van der Waals surface area (Å²) in [6.07, 6.45) is 1.89. The van der Waals surface area contributed by atoms with Crippen LogP contribution in [0.5, 0.6) is 0 Å². The molecule has 0 saturated carbocycles. The number of rotatable bonds is 5. The lowest BCUT2D eigenvalue weighted by Gasteiger charge is -2.32. The highest BCUT2D eigenvalue weighted by molar-refractivity contribution is 5.80. The Morgan fingerprint density at radius 2 is 2.24 bits per heavy atom. The van der Waals surface area contributed by atoms with Gasteiger partial charge in [-0.25, -0.2) is 0 Å². The van der Waals surface area contributed by atoms with E-state index in [1.54, 1.807) is 0 Å². The molecule has 2 atom stereocenters. The average molecular weight is 241 g/mol. The van der Waals surface area contributed by atoms with E-state index in [0.717, 1.165) is 25.9 Å². The lowest BCUT2D eigenvalue weighted by Crippen LogP contribution is -2.54. The lowest BCUT2D eigenvalue weighted by atomic mass is 9.90. The summed E-state index contributed by atoms with van der Waals surface area (Å²) in [6, 6.07) is 0. The smallest absolute Gasteiger partial charge is 0.224 e. The first-order valence-corrected chi connectivity index (χ1v) is 6.57. The summed E-state index contributed by atoms with van der Waals surface area (Å²) < 4.78 is 0. The van der Waals surface area contributed by atoms with Crippen LogP contribution in [0.15, 0.2) is 0 Å². The molecule has 0 bridgehead atoms. The van der Waals surface area contributed by atoms with E-state index in [4.69, 9.17) is 5.73 Å². The molecule has 1 aliphatic heterocycles. The van der Waals surface area contributed by atoms with Gasteiger partial charge in [-0.2, -0.15) is 0 Å². The second-order valence-electron chi connectivity index (χ2n) is 6.10. The fourth-order valence-electron chi connectivity index (χ4n) is 2.63. The van der Waals surface area contributed by atoms with Crippen LogP contribution in [0.1, 0.15) is 33.6 Å². The van der Waals surface area contributed by atoms with Crippen LogP contribution in [-0.2, 0) is 4.79 Å². The lowest BCUT2D eigenvalue weighted by molar-refractivity contribution is -0.126. The Morgan fingerprint density at radius 1 is 1.59 bits per heavy atom. The highest BCUT2D eigenvalue weighted by atomic mass is 16.2. The van der Waals surface area contributed by atoms with Crippen LogP contribution in [0.4, 0.5) is 0 Å². The van der Waals surface area contributed by atoms with Gasteiger partial charge in [0.1, 0.15) is 0 Å². The minimum absolute atomic E-state index is 0.137. The Bertz CT molecular complexity index is 267. The van der Waals surface area contributed by atoms with Crippen molar-refractivity contribution in [3.8, 4) is 0 Å². The zero-order chi connectivity index (χ0) is 13.1. The number of hydrogen-bond acceptors (Lipinski definition) is 3. The first kappa shape index (κ1) is 14.5. The normalized spacial score (nSPS) is 24.9. The summed E-state index contributed by atoms with van der Waals surface area (Å²) in [4.78, 5) is 14.4. The average Bonchev–Trinajstić information content (AvgIpc) is 2.63. The molecule has 2 unspecified atom stereocenters. The summed E-state index contributed by atoms with van der Waals surface area (Å²) in [6.45, 7) is 8.74. The number of likely N-dealkylation sites (tertiary alicyclic amines) is 1. The van der Waals surface area contributed by atoms with E-state index < -0.39 is 0 Å². The minimum Gasteiger partial charge on any atom is -0.349 e. The molecule has 3 N–H and O–H groups in total. The molecule has 1 heterocycles. The molecular weight excluding hydrogens is 214 g/mol. The third-order valence-corrected chi connectivity index (χ3v) is 3.50. The molecule has 1 amide bonds. The second kappa shape index (κ2) is 5.83. The van der Waals surface area contributed by atoms with Crippen molar-refractivity contribution in [2.24, 2.45) is 17.6 Å². The van der Waals surface area contributed by atoms with Gasteiger partial charge >= 0.3 is 0 Å². The van der Waals surface area contributed by atoms with Gasteiger partial charge in [-0.1, -0.05) is 13.8 Å². The van der Waals surface area contributed by atoms with Gasteiger partial charge in [0.2, 0.25) is 5.91 Å². The highest BCUT2D eigenvalue weighted by Crippen LogP contribution is 2.19. The fraction of sp³-hybridized carbons (Fsp3) is 0.923. The minimum atomic E-state index is -0.258. The van der Waals surface area contributed by atoms with Gasteiger partial charge in [0.15, 0.2) is 0 Å². The van der Waals surface area contributed by atoms with Crippen molar-refractivity contribution in [1.29, 1.82) is 0 Å². The van der Waals surface area contributed by atoms with Gasteiger partial charge in [-0.15, -0.1) is 0 Å². The van der Waals surface area contributed by atoms with Crippen LogP contribution in [0.25, 0.3) is 0 Å². The van der Waals surface area contributed by atoms with E-state index in [9.17, 15) is 4.79 Å². The Hall–Kier alpha value is -0.610. The van der Waals surface area contributed by atoms with Gasteiger partial charge in [-0.05, 0) is 39.3 Å². The van der Waals surface area contributed by atoms with Crippen molar-refractivity contribution in [2.45, 2.75) is 39.2 Å². The van der Waals surface area contributed by atoms with Crippen LogP contribution in [0, 0.1) is 11.8 Å². The monoisotopic (exact) mass is 241 g/mol. The van der Waals surface area contributed by atoms with Crippen LogP contribution in [0.3, 0.4) is 0 Å². The van der Waals surface area contributed by atoms with E-state index in [1.807, 2.05) is 6.92 Å². The quantitative estimate of drug-likeness (QED) is 0.749. The van der Waals surface area contributed by atoms with Gasteiger partial charge in [-0.3, -0.25) is 4.79 Å².